The number of carbonyl (C=O) groups excluding carboxylic acids is 1. The molecule has 0 N–H and O–H groups in total. The predicted molar refractivity (Wildman–Crippen MR) is 63.9 cm³/mol. The second-order valence-electron chi connectivity index (χ2n) is 5.20. The summed E-state index contributed by atoms with van der Waals surface area (Å²) in [7, 11) is 2.22. The van der Waals surface area contributed by atoms with Crippen molar-refractivity contribution in [2.24, 2.45) is 11.8 Å². The van der Waals surface area contributed by atoms with E-state index >= 15 is 0 Å². The van der Waals surface area contributed by atoms with Gasteiger partial charge in [0, 0.05) is 12.5 Å². The topological polar surface area (TPSA) is 20.3 Å². The molecule has 0 saturated heterocycles. The second kappa shape index (κ2) is 6.26. The molecule has 2 unspecified atom stereocenters. The SMILES string of the molecule is CC(C)C1CCCC1N(C)CCCC=O. The van der Waals surface area contributed by atoms with Crippen LogP contribution in [0, 0.1) is 11.8 Å². The zero-order chi connectivity index (χ0) is 11.3. The van der Waals surface area contributed by atoms with Crippen molar-refractivity contribution >= 4 is 6.29 Å². The van der Waals surface area contributed by atoms with Crippen molar-refractivity contribution in [1.82, 2.24) is 4.90 Å². The molecule has 15 heavy (non-hydrogen) atoms. The average molecular weight is 211 g/mol. The van der Waals surface area contributed by atoms with Gasteiger partial charge in [0.15, 0.2) is 0 Å². The van der Waals surface area contributed by atoms with Crippen LogP contribution in [0.25, 0.3) is 0 Å². The van der Waals surface area contributed by atoms with E-state index in [0.717, 1.165) is 37.1 Å². The average Bonchev–Trinajstić information content (AvgIpc) is 2.66. The first-order chi connectivity index (χ1) is 7.16. The van der Waals surface area contributed by atoms with Crippen LogP contribution in [-0.2, 0) is 4.79 Å². The molecule has 0 heterocycles. The van der Waals surface area contributed by atoms with Crippen molar-refractivity contribution in [1.29, 1.82) is 0 Å². The first-order valence-corrected chi connectivity index (χ1v) is 6.30. The van der Waals surface area contributed by atoms with E-state index in [4.69, 9.17) is 0 Å². The maximum Gasteiger partial charge on any atom is 0.120 e. The van der Waals surface area contributed by atoms with Crippen LogP contribution in [0.1, 0.15) is 46.0 Å². The maximum absolute atomic E-state index is 10.3. The first-order valence-electron chi connectivity index (χ1n) is 6.30. The molecular formula is C13H25NO. The summed E-state index contributed by atoms with van der Waals surface area (Å²) in [4.78, 5) is 12.7. The van der Waals surface area contributed by atoms with Crippen molar-refractivity contribution in [2.75, 3.05) is 13.6 Å². The van der Waals surface area contributed by atoms with E-state index in [1.807, 2.05) is 0 Å². The molecule has 0 aliphatic heterocycles. The van der Waals surface area contributed by atoms with E-state index in [0.29, 0.717) is 6.42 Å². The smallest absolute Gasteiger partial charge is 0.120 e. The van der Waals surface area contributed by atoms with Crippen LogP contribution in [0.2, 0.25) is 0 Å². The summed E-state index contributed by atoms with van der Waals surface area (Å²) in [5, 5.41) is 0. The number of hydrogen-bond acceptors (Lipinski definition) is 2. The van der Waals surface area contributed by atoms with Gasteiger partial charge in [0.1, 0.15) is 6.29 Å². The number of rotatable bonds is 6. The molecule has 2 nitrogen and oxygen atoms in total. The fourth-order valence-corrected chi connectivity index (χ4v) is 2.88. The molecule has 88 valence electrons. The third kappa shape index (κ3) is 3.60. The predicted octanol–water partition coefficient (Wildman–Crippen LogP) is 2.72. The zero-order valence-electron chi connectivity index (χ0n) is 10.4. The van der Waals surface area contributed by atoms with E-state index in [-0.39, 0.29) is 0 Å². The molecule has 2 heteroatoms. The minimum Gasteiger partial charge on any atom is -0.303 e. The molecule has 1 fully saturated rings. The number of unbranched alkanes of at least 4 members (excludes halogenated alkanes) is 1. The molecule has 0 amide bonds. The van der Waals surface area contributed by atoms with Gasteiger partial charge >= 0.3 is 0 Å². The van der Waals surface area contributed by atoms with E-state index in [2.05, 4.69) is 25.8 Å². The summed E-state index contributed by atoms with van der Waals surface area (Å²) >= 11 is 0. The molecule has 1 aliphatic rings. The number of nitrogens with zero attached hydrogens (tertiary/aromatic N) is 1. The van der Waals surface area contributed by atoms with Crippen LogP contribution in [0.5, 0.6) is 0 Å². The number of carbonyl (C=O) groups is 1. The molecule has 1 saturated carbocycles. The highest BCUT2D eigenvalue weighted by molar-refractivity contribution is 5.48. The lowest BCUT2D eigenvalue weighted by molar-refractivity contribution is -0.108. The Morgan fingerprint density at radius 1 is 1.40 bits per heavy atom. The van der Waals surface area contributed by atoms with Gasteiger partial charge in [-0.3, -0.25) is 0 Å². The minimum absolute atomic E-state index is 0.712. The highest BCUT2D eigenvalue weighted by atomic mass is 16.1. The Labute approximate surface area is 94.0 Å². The van der Waals surface area contributed by atoms with Crippen LogP contribution < -0.4 is 0 Å². The van der Waals surface area contributed by atoms with Crippen molar-refractivity contribution in [2.45, 2.75) is 52.0 Å². The molecule has 1 aliphatic carbocycles. The minimum atomic E-state index is 0.712. The molecule has 0 radical (unpaired) electrons. The van der Waals surface area contributed by atoms with Gasteiger partial charge < -0.3 is 9.69 Å². The summed E-state index contributed by atoms with van der Waals surface area (Å²) in [5.74, 6) is 1.66. The molecule has 0 aromatic carbocycles. The number of aldehydes is 1. The van der Waals surface area contributed by atoms with Gasteiger partial charge in [-0.2, -0.15) is 0 Å². The van der Waals surface area contributed by atoms with E-state index < -0.39 is 0 Å². The van der Waals surface area contributed by atoms with Crippen molar-refractivity contribution in [3.8, 4) is 0 Å². The van der Waals surface area contributed by atoms with Gasteiger partial charge in [-0.05, 0) is 44.7 Å². The normalized spacial score (nSPS) is 26.5. The van der Waals surface area contributed by atoms with Gasteiger partial charge in [0.2, 0.25) is 0 Å². The lowest BCUT2D eigenvalue weighted by Crippen LogP contribution is -2.37. The summed E-state index contributed by atoms with van der Waals surface area (Å²) in [5.41, 5.74) is 0. The first kappa shape index (κ1) is 12.7. The van der Waals surface area contributed by atoms with Crippen molar-refractivity contribution in [3.63, 3.8) is 0 Å². The Bertz CT molecular complexity index is 191. The summed E-state index contributed by atoms with van der Waals surface area (Å²) in [6, 6.07) is 0.761. The van der Waals surface area contributed by atoms with Gasteiger partial charge in [-0.15, -0.1) is 0 Å². The van der Waals surface area contributed by atoms with E-state index in [1.54, 1.807) is 0 Å². The standard InChI is InChI=1S/C13H25NO/c1-11(2)12-7-6-8-13(12)14(3)9-4-5-10-15/h10-13H,4-9H2,1-3H3. The molecular weight excluding hydrogens is 186 g/mol. The monoisotopic (exact) mass is 211 g/mol. The third-order valence-corrected chi connectivity index (χ3v) is 3.79. The lowest BCUT2D eigenvalue weighted by atomic mass is 9.90. The Morgan fingerprint density at radius 2 is 2.13 bits per heavy atom. The fourth-order valence-electron chi connectivity index (χ4n) is 2.88. The third-order valence-electron chi connectivity index (χ3n) is 3.79. The maximum atomic E-state index is 10.3. The van der Waals surface area contributed by atoms with E-state index in [9.17, 15) is 4.79 Å². The van der Waals surface area contributed by atoms with Gasteiger partial charge in [-0.1, -0.05) is 20.3 Å². The quantitative estimate of drug-likeness (QED) is 0.497. The van der Waals surface area contributed by atoms with Crippen LogP contribution in [-0.4, -0.2) is 30.8 Å². The Kier molecular flexibility index (Phi) is 5.30. The largest absolute Gasteiger partial charge is 0.303 e. The molecule has 1 rings (SSSR count). The number of hydrogen-bond donors (Lipinski definition) is 0. The lowest BCUT2D eigenvalue weighted by Gasteiger charge is -2.31. The van der Waals surface area contributed by atoms with Gasteiger partial charge in [0.05, 0.1) is 0 Å². The van der Waals surface area contributed by atoms with Crippen molar-refractivity contribution in [3.05, 3.63) is 0 Å². The molecule has 0 bridgehead atoms. The fraction of sp³-hybridized carbons (Fsp3) is 0.923. The second-order valence-corrected chi connectivity index (χ2v) is 5.20. The Hall–Kier alpha value is -0.370. The summed E-state index contributed by atoms with van der Waals surface area (Å²) in [6.07, 6.45) is 6.87. The highest BCUT2D eigenvalue weighted by Crippen LogP contribution is 2.34. The van der Waals surface area contributed by atoms with Crippen LogP contribution >= 0.6 is 0 Å². The Morgan fingerprint density at radius 3 is 2.73 bits per heavy atom. The highest BCUT2D eigenvalue weighted by Gasteiger charge is 2.31. The summed E-state index contributed by atoms with van der Waals surface area (Å²) < 4.78 is 0. The van der Waals surface area contributed by atoms with Crippen LogP contribution in [0.15, 0.2) is 0 Å². The molecule has 0 aromatic heterocycles. The molecule has 2 atom stereocenters. The summed E-state index contributed by atoms with van der Waals surface area (Å²) in [6.45, 7) is 5.75. The van der Waals surface area contributed by atoms with Crippen LogP contribution in [0.4, 0.5) is 0 Å². The zero-order valence-corrected chi connectivity index (χ0v) is 10.4. The van der Waals surface area contributed by atoms with Gasteiger partial charge in [0.25, 0.3) is 0 Å². The van der Waals surface area contributed by atoms with Crippen molar-refractivity contribution < 1.29 is 4.79 Å². The molecule has 0 aromatic rings. The van der Waals surface area contributed by atoms with E-state index in [1.165, 1.54) is 19.3 Å². The molecule has 0 spiro atoms. The van der Waals surface area contributed by atoms with Gasteiger partial charge in [-0.25, -0.2) is 0 Å². The van der Waals surface area contributed by atoms with Crippen LogP contribution in [0.3, 0.4) is 0 Å². The Balaban J connectivity index is 2.36.